The molecule has 0 saturated heterocycles. The zero-order valence-electron chi connectivity index (χ0n) is 18.8. The van der Waals surface area contributed by atoms with Crippen LogP contribution in [-0.4, -0.2) is 26.0 Å². The summed E-state index contributed by atoms with van der Waals surface area (Å²) in [6.45, 7) is 2.72. The van der Waals surface area contributed by atoms with Gasteiger partial charge in [-0.25, -0.2) is 9.97 Å². The second kappa shape index (κ2) is 8.65. The highest BCUT2D eigenvalue weighted by molar-refractivity contribution is 5.91. The molecule has 1 aliphatic rings. The summed E-state index contributed by atoms with van der Waals surface area (Å²) in [4.78, 5) is 11.4. The highest BCUT2D eigenvalue weighted by Gasteiger charge is 2.27. The van der Waals surface area contributed by atoms with E-state index in [1.54, 1.807) is 6.33 Å². The second-order valence-electron chi connectivity index (χ2n) is 8.57. The molecule has 0 spiro atoms. The van der Waals surface area contributed by atoms with E-state index in [0.717, 1.165) is 54.3 Å². The molecule has 2 aromatic heterocycles. The van der Waals surface area contributed by atoms with Gasteiger partial charge in [-0.2, -0.15) is 0 Å². The maximum atomic E-state index is 6.39. The third kappa shape index (κ3) is 3.78. The third-order valence-corrected chi connectivity index (χ3v) is 6.35. The minimum Gasteiger partial charge on any atom is -0.457 e. The van der Waals surface area contributed by atoms with Crippen LogP contribution in [0.25, 0.3) is 16.7 Å². The van der Waals surface area contributed by atoms with Gasteiger partial charge < -0.3 is 15.0 Å². The van der Waals surface area contributed by atoms with E-state index in [2.05, 4.69) is 61.9 Å². The number of aromatic nitrogens is 3. The van der Waals surface area contributed by atoms with Crippen LogP contribution in [0.4, 0.5) is 5.82 Å². The van der Waals surface area contributed by atoms with Crippen LogP contribution >= 0.6 is 0 Å². The number of hydrogen-bond donors (Lipinski definition) is 1. The van der Waals surface area contributed by atoms with Crippen LogP contribution in [-0.2, 0) is 19.5 Å². The third-order valence-electron chi connectivity index (χ3n) is 6.35. The Labute approximate surface area is 198 Å². The lowest BCUT2D eigenvalue weighted by Crippen LogP contribution is -2.30. The summed E-state index contributed by atoms with van der Waals surface area (Å²) in [5, 5.41) is 0. The zero-order valence-corrected chi connectivity index (χ0v) is 18.8. The molecule has 3 heterocycles. The molecule has 0 bridgehead atoms. The Morgan fingerprint density at radius 2 is 1.53 bits per heavy atom. The molecule has 168 valence electrons. The predicted octanol–water partition coefficient (Wildman–Crippen LogP) is 5.35. The first-order chi connectivity index (χ1) is 16.8. The average Bonchev–Trinajstić information content (AvgIpc) is 3.21. The van der Waals surface area contributed by atoms with Crippen molar-refractivity contribution < 1.29 is 4.74 Å². The van der Waals surface area contributed by atoms with E-state index in [4.69, 9.17) is 10.5 Å². The number of rotatable bonds is 5. The van der Waals surface area contributed by atoms with Crippen molar-refractivity contribution in [2.75, 3.05) is 12.3 Å². The van der Waals surface area contributed by atoms with E-state index < -0.39 is 0 Å². The van der Waals surface area contributed by atoms with Gasteiger partial charge >= 0.3 is 0 Å². The average molecular weight is 448 g/mol. The number of ether oxygens (including phenoxy) is 1. The van der Waals surface area contributed by atoms with Gasteiger partial charge in [-0.15, -0.1) is 0 Å². The highest BCUT2D eigenvalue weighted by Crippen LogP contribution is 2.35. The van der Waals surface area contributed by atoms with Crippen molar-refractivity contribution in [3.8, 4) is 17.2 Å². The van der Waals surface area contributed by atoms with Crippen molar-refractivity contribution in [2.24, 2.45) is 0 Å². The molecule has 34 heavy (non-hydrogen) atoms. The fourth-order valence-electron chi connectivity index (χ4n) is 4.79. The monoisotopic (exact) mass is 447 g/mol. The summed E-state index contributed by atoms with van der Waals surface area (Å²) in [7, 11) is 0. The molecule has 0 unspecified atom stereocenters. The number of benzene rings is 3. The van der Waals surface area contributed by atoms with Crippen LogP contribution in [0.3, 0.4) is 0 Å². The molecule has 0 radical (unpaired) electrons. The highest BCUT2D eigenvalue weighted by atomic mass is 16.5. The van der Waals surface area contributed by atoms with E-state index in [0.29, 0.717) is 5.82 Å². The predicted molar refractivity (Wildman–Crippen MR) is 134 cm³/mol. The minimum atomic E-state index is 0.499. The van der Waals surface area contributed by atoms with E-state index in [1.807, 2.05) is 42.5 Å². The van der Waals surface area contributed by atoms with Gasteiger partial charge in [-0.1, -0.05) is 48.5 Å². The molecule has 0 amide bonds. The number of nitrogen functional groups attached to an aromatic ring is 1. The minimum absolute atomic E-state index is 0.499. The fourth-order valence-corrected chi connectivity index (χ4v) is 4.79. The number of fused-ring (bicyclic) bond motifs is 3. The molecule has 0 atom stereocenters. The van der Waals surface area contributed by atoms with Gasteiger partial charge in [0.1, 0.15) is 23.3 Å². The van der Waals surface area contributed by atoms with E-state index in [1.165, 1.54) is 16.8 Å². The van der Waals surface area contributed by atoms with Crippen molar-refractivity contribution in [1.82, 2.24) is 19.4 Å². The number of nitrogens with zero attached hydrogens (tertiary/aromatic N) is 4. The van der Waals surface area contributed by atoms with Gasteiger partial charge in [0.25, 0.3) is 0 Å². The van der Waals surface area contributed by atoms with Gasteiger partial charge in [0.2, 0.25) is 0 Å². The first kappa shape index (κ1) is 20.4. The lowest BCUT2D eigenvalue weighted by Gasteiger charge is -2.28. The summed E-state index contributed by atoms with van der Waals surface area (Å²) >= 11 is 0. The Balaban J connectivity index is 1.36. The summed E-state index contributed by atoms with van der Waals surface area (Å²) in [6.07, 6.45) is 2.48. The second-order valence-corrected chi connectivity index (χ2v) is 8.57. The lowest BCUT2D eigenvalue weighted by molar-refractivity contribution is 0.244. The molecule has 5 aromatic rings. The Morgan fingerprint density at radius 1 is 0.824 bits per heavy atom. The van der Waals surface area contributed by atoms with Crippen LogP contribution in [0.5, 0.6) is 11.5 Å². The number of nitrogens with two attached hydrogens (primary N) is 1. The molecule has 0 fully saturated rings. The summed E-state index contributed by atoms with van der Waals surface area (Å²) in [6, 6.07) is 28.5. The number of para-hydroxylation sites is 1. The summed E-state index contributed by atoms with van der Waals surface area (Å²) < 4.78 is 8.21. The van der Waals surface area contributed by atoms with Crippen LogP contribution in [0, 0.1) is 0 Å². The Bertz CT molecular complexity index is 1430. The van der Waals surface area contributed by atoms with Crippen molar-refractivity contribution in [3.05, 3.63) is 108 Å². The van der Waals surface area contributed by atoms with Crippen LogP contribution in [0.2, 0.25) is 0 Å². The normalized spacial score (nSPS) is 13.6. The van der Waals surface area contributed by atoms with E-state index >= 15 is 0 Å². The first-order valence-electron chi connectivity index (χ1n) is 11.5. The molecule has 6 heteroatoms. The summed E-state index contributed by atoms with van der Waals surface area (Å²) in [5.74, 6) is 2.10. The molecular weight excluding hydrogens is 422 g/mol. The topological polar surface area (TPSA) is 69.2 Å². The molecular formula is C28H25N5O. The Kier molecular flexibility index (Phi) is 5.20. The van der Waals surface area contributed by atoms with E-state index in [-0.39, 0.29) is 0 Å². The van der Waals surface area contributed by atoms with Gasteiger partial charge in [0.05, 0.1) is 5.52 Å². The molecule has 3 aromatic carbocycles. The lowest BCUT2D eigenvalue weighted by atomic mass is 10.1. The molecule has 6 rings (SSSR count). The maximum Gasteiger partial charge on any atom is 0.151 e. The van der Waals surface area contributed by atoms with Crippen LogP contribution in [0.15, 0.2) is 91.3 Å². The fraction of sp³-hybridized carbons (Fsp3) is 0.143. The summed E-state index contributed by atoms with van der Waals surface area (Å²) in [5.41, 5.74) is 13.0. The number of hydrogen-bond acceptors (Lipinski definition) is 5. The smallest absolute Gasteiger partial charge is 0.151 e. The van der Waals surface area contributed by atoms with Crippen molar-refractivity contribution >= 4 is 16.9 Å². The van der Waals surface area contributed by atoms with Gasteiger partial charge in [0.15, 0.2) is 5.82 Å². The molecule has 1 aliphatic heterocycles. The molecule has 6 nitrogen and oxygen atoms in total. The largest absolute Gasteiger partial charge is 0.457 e. The van der Waals surface area contributed by atoms with Gasteiger partial charge in [-0.05, 0) is 42.0 Å². The maximum absolute atomic E-state index is 6.39. The zero-order chi connectivity index (χ0) is 22.9. The molecule has 2 N–H and O–H groups in total. The standard InChI is InChI=1S/C28H25N5O/c29-28-27-26(30-19-31-28)24-18-32(17-20-7-3-1-4-8-20)16-15-25(24)33(27)21-11-13-23(14-12-21)34-22-9-5-2-6-10-22/h1-14,19H,15-18H2,(H2,29,30,31). The van der Waals surface area contributed by atoms with Crippen molar-refractivity contribution in [1.29, 1.82) is 0 Å². The SMILES string of the molecule is Nc1ncnc2c3c(n(-c4ccc(Oc5ccccc5)cc4)c12)CCN(Cc1ccccc1)C3. The van der Waals surface area contributed by atoms with E-state index in [9.17, 15) is 0 Å². The van der Waals surface area contributed by atoms with Crippen molar-refractivity contribution in [2.45, 2.75) is 19.5 Å². The quantitative estimate of drug-likeness (QED) is 0.393. The Hall–Kier alpha value is -4.16. The van der Waals surface area contributed by atoms with Crippen LogP contribution in [0.1, 0.15) is 16.8 Å². The molecule has 0 aliphatic carbocycles. The van der Waals surface area contributed by atoms with Crippen LogP contribution < -0.4 is 10.5 Å². The first-order valence-corrected chi connectivity index (χ1v) is 11.5. The molecule has 0 saturated carbocycles. The van der Waals surface area contributed by atoms with Gasteiger partial charge in [0, 0.05) is 43.0 Å². The van der Waals surface area contributed by atoms with Crippen molar-refractivity contribution in [3.63, 3.8) is 0 Å². The number of anilines is 1. The Morgan fingerprint density at radius 3 is 2.29 bits per heavy atom. The van der Waals surface area contributed by atoms with Gasteiger partial charge in [-0.3, -0.25) is 4.90 Å².